The number of benzene rings is 2. The Morgan fingerprint density at radius 1 is 1.18 bits per heavy atom. The van der Waals surface area contributed by atoms with Gasteiger partial charge in [-0.25, -0.2) is 4.79 Å². The highest BCUT2D eigenvalue weighted by Gasteiger charge is 2.08. The first-order valence-electron chi connectivity index (χ1n) is 6.51. The molecular formula is C16H15ClN2O3. The van der Waals surface area contributed by atoms with Crippen molar-refractivity contribution in [2.24, 2.45) is 5.73 Å². The molecule has 0 saturated carbocycles. The molecule has 3 N–H and O–H groups in total. The van der Waals surface area contributed by atoms with Crippen molar-refractivity contribution >= 4 is 29.2 Å². The van der Waals surface area contributed by atoms with Crippen LogP contribution in [0.2, 0.25) is 5.02 Å². The third-order valence-electron chi connectivity index (χ3n) is 3.03. The zero-order valence-electron chi connectivity index (χ0n) is 11.9. The molecule has 1 amide bonds. The van der Waals surface area contributed by atoms with Crippen LogP contribution in [0.4, 0.5) is 5.69 Å². The van der Waals surface area contributed by atoms with Crippen molar-refractivity contribution < 1.29 is 14.3 Å². The van der Waals surface area contributed by atoms with Gasteiger partial charge in [0.25, 0.3) is 0 Å². The van der Waals surface area contributed by atoms with E-state index in [1.54, 1.807) is 30.3 Å². The molecule has 0 aliphatic heterocycles. The molecule has 6 heteroatoms. The van der Waals surface area contributed by atoms with Gasteiger partial charge in [0.05, 0.1) is 12.7 Å². The third kappa shape index (κ3) is 3.99. The number of hydrogen-bond acceptors (Lipinski definition) is 4. The van der Waals surface area contributed by atoms with Gasteiger partial charge in [0, 0.05) is 22.8 Å². The molecule has 2 aromatic rings. The lowest BCUT2D eigenvalue weighted by Gasteiger charge is -2.09. The Hall–Kier alpha value is -2.53. The number of halogens is 1. The summed E-state index contributed by atoms with van der Waals surface area (Å²) in [5, 5.41) is 3.57. The molecule has 2 rings (SSSR count). The number of carbonyl (C=O) groups excluding carboxylic acids is 2. The van der Waals surface area contributed by atoms with E-state index in [4.69, 9.17) is 17.3 Å². The van der Waals surface area contributed by atoms with E-state index in [1.165, 1.54) is 13.2 Å². The van der Waals surface area contributed by atoms with E-state index < -0.39 is 11.9 Å². The minimum absolute atomic E-state index is 0.364. The van der Waals surface area contributed by atoms with Gasteiger partial charge in [-0.1, -0.05) is 23.7 Å². The summed E-state index contributed by atoms with van der Waals surface area (Å²) >= 11 is 5.99. The lowest BCUT2D eigenvalue weighted by atomic mass is 10.1. The molecular weight excluding hydrogens is 304 g/mol. The van der Waals surface area contributed by atoms with Crippen molar-refractivity contribution in [1.29, 1.82) is 0 Å². The van der Waals surface area contributed by atoms with Gasteiger partial charge in [-0.3, -0.25) is 4.79 Å². The molecule has 0 atom stereocenters. The van der Waals surface area contributed by atoms with Crippen molar-refractivity contribution in [2.45, 2.75) is 6.54 Å². The minimum Gasteiger partial charge on any atom is -0.465 e. The monoisotopic (exact) mass is 318 g/mol. The number of nitrogens with one attached hydrogen (secondary N) is 1. The van der Waals surface area contributed by atoms with E-state index in [-0.39, 0.29) is 0 Å². The van der Waals surface area contributed by atoms with E-state index in [0.717, 1.165) is 5.56 Å². The molecule has 0 aliphatic rings. The Morgan fingerprint density at radius 3 is 2.64 bits per heavy atom. The van der Waals surface area contributed by atoms with Crippen LogP contribution in [0.5, 0.6) is 0 Å². The fraction of sp³-hybridized carbons (Fsp3) is 0.125. The predicted octanol–water partition coefficient (Wildman–Crippen LogP) is 2.84. The van der Waals surface area contributed by atoms with Gasteiger partial charge in [-0.15, -0.1) is 0 Å². The van der Waals surface area contributed by atoms with Crippen molar-refractivity contribution in [3.63, 3.8) is 0 Å². The minimum atomic E-state index is -0.474. The Balaban J connectivity index is 2.14. The molecule has 0 fully saturated rings. The molecule has 0 unspecified atom stereocenters. The second-order valence-corrected chi connectivity index (χ2v) is 5.07. The highest BCUT2D eigenvalue weighted by atomic mass is 35.5. The lowest BCUT2D eigenvalue weighted by molar-refractivity contribution is 0.0600. The number of rotatable bonds is 5. The quantitative estimate of drug-likeness (QED) is 0.831. The normalized spacial score (nSPS) is 10.1. The summed E-state index contributed by atoms with van der Waals surface area (Å²) in [4.78, 5) is 22.7. The molecule has 22 heavy (non-hydrogen) atoms. The molecule has 0 saturated heterocycles. The summed E-state index contributed by atoms with van der Waals surface area (Å²) < 4.78 is 4.67. The summed E-state index contributed by atoms with van der Waals surface area (Å²) in [6, 6.07) is 11.9. The summed E-state index contributed by atoms with van der Waals surface area (Å²) in [6.45, 7) is 0.460. The number of amides is 1. The van der Waals surface area contributed by atoms with E-state index in [2.05, 4.69) is 10.1 Å². The SMILES string of the molecule is COC(=O)c1cc(Cl)cc(NCc2cccc(C(N)=O)c2)c1. The third-order valence-corrected chi connectivity index (χ3v) is 3.25. The topological polar surface area (TPSA) is 81.4 Å². The molecule has 2 aromatic carbocycles. The largest absolute Gasteiger partial charge is 0.465 e. The standard InChI is InChI=1S/C16H15ClN2O3/c1-22-16(21)12-6-13(17)8-14(7-12)19-9-10-3-2-4-11(5-10)15(18)20/h2-8,19H,9H2,1H3,(H2,18,20). The zero-order chi connectivity index (χ0) is 16.1. The number of esters is 1. The maximum Gasteiger partial charge on any atom is 0.337 e. The summed E-state index contributed by atoms with van der Waals surface area (Å²) in [7, 11) is 1.31. The fourth-order valence-corrected chi connectivity index (χ4v) is 2.20. The number of nitrogens with two attached hydrogens (primary N) is 1. The van der Waals surface area contributed by atoms with Crippen LogP contribution in [-0.2, 0) is 11.3 Å². The number of methoxy groups -OCH3 is 1. The highest BCUT2D eigenvalue weighted by molar-refractivity contribution is 6.31. The molecule has 0 bridgehead atoms. The first-order valence-corrected chi connectivity index (χ1v) is 6.89. The average molecular weight is 319 g/mol. The van der Waals surface area contributed by atoms with Gasteiger partial charge in [0.2, 0.25) is 5.91 Å². The second kappa shape index (κ2) is 6.95. The number of primary amides is 1. The summed E-state index contributed by atoms with van der Waals surface area (Å²) in [6.07, 6.45) is 0. The Kier molecular flexibility index (Phi) is 5.01. The van der Waals surface area contributed by atoms with Gasteiger partial charge < -0.3 is 15.8 Å². The number of hydrogen-bond donors (Lipinski definition) is 2. The molecule has 0 radical (unpaired) electrons. The van der Waals surface area contributed by atoms with Crippen molar-refractivity contribution in [3.05, 3.63) is 64.2 Å². The van der Waals surface area contributed by atoms with Gasteiger partial charge in [-0.05, 0) is 35.9 Å². The van der Waals surface area contributed by atoms with Gasteiger partial charge in [-0.2, -0.15) is 0 Å². The van der Waals surface area contributed by atoms with Crippen LogP contribution in [0.15, 0.2) is 42.5 Å². The molecule has 5 nitrogen and oxygen atoms in total. The van der Waals surface area contributed by atoms with Crippen LogP contribution < -0.4 is 11.1 Å². The van der Waals surface area contributed by atoms with Crippen LogP contribution in [0.25, 0.3) is 0 Å². The van der Waals surface area contributed by atoms with Crippen LogP contribution in [0, 0.1) is 0 Å². The number of ether oxygens (including phenoxy) is 1. The first kappa shape index (κ1) is 15.9. The van der Waals surface area contributed by atoms with Crippen molar-refractivity contribution in [3.8, 4) is 0 Å². The van der Waals surface area contributed by atoms with Crippen LogP contribution >= 0.6 is 11.6 Å². The Labute approximate surface area is 133 Å². The average Bonchev–Trinajstić information content (AvgIpc) is 2.52. The lowest BCUT2D eigenvalue weighted by Crippen LogP contribution is -2.11. The zero-order valence-corrected chi connectivity index (χ0v) is 12.7. The maximum absolute atomic E-state index is 11.6. The van der Waals surface area contributed by atoms with Crippen LogP contribution in [0.3, 0.4) is 0 Å². The van der Waals surface area contributed by atoms with Crippen LogP contribution in [0.1, 0.15) is 26.3 Å². The summed E-state index contributed by atoms with van der Waals surface area (Å²) in [5.41, 5.74) is 7.62. The highest BCUT2D eigenvalue weighted by Crippen LogP contribution is 2.20. The number of carbonyl (C=O) groups is 2. The summed E-state index contributed by atoms with van der Waals surface area (Å²) in [5.74, 6) is -0.932. The molecule has 0 aliphatic carbocycles. The van der Waals surface area contributed by atoms with Gasteiger partial charge in [0.15, 0.2) is 0 Å². The molecule has 114 valence electrons. The Morgan fingerprint density at radius 2 is 1.95 bits per heavy atom. The van der Waals surface area contributed by atoms with Crippen molar-refractivity contribution in [2.75, 3.05) is 12.4 Å². The first-order chi connectivity index (χ1) is 10.5. The Bertz CT molecular complexity index is 716. The van der Waals surface area contributed by atoms with Crippen molar-refractivity contribution in [1.82, 2.24) is 0 Å². The molecule has 0 aromatic heterocycles. The predicted molar refractivity (Wildman–Crippen MR) is 85.1 cm³/mol. The van der Waals surface area contributed by atoms with E-state index in [0.29, 0.717) is 28.4 Å². The molecule has 0 heterocycles. The van der Waals surface area contributed by atoms with E-state index in [9.17, 15) is 9.59 Å². The van der Waals surface area contributed by atoms with Gasteiger partial charge in [0.1, 0.15) is 0 Å². The molecule has 0 spiro atoms. The van der Waals surface area contributed by atoms with Crippen LogP contribution in [-0.4, -0.2) is 19.0 Å². The fourth-order valence-electron chi connectivity index (χ4n) is 1.97. The van der Waals surface area contributed by atoms with E-state index in [1.807, 2.05) is 6.07 Å². The maximum atomic E-state index is 11.6. The smallest absolute Gasteiger partial charge is 0.337 e. The number of anilines is 1. The second-order valence-electron chi connectivity index (χ2n) is 4.64. The van der Waals surface area contributed by atoms with Gasteiger partial charge >= 0.3 is 5.97 Å². The van der Waals surface area contributed by atoms with E-state index >= 15 is 0 Å².